The van der Waals surface area contributed by atoms with E-state index in [2.05, 4.69) is 10.2 Å². The van der Waals surface area contributed by atoms with E-state index in [0.29, 0.717) is 12.3 Å². The van der Waals surface area contributed by atoms with Gasteiger partial charge in [0.2, 0.25) is 11.8 Å². The van der Waals surface area contributed by atoms with Gasteiger partial charge in [0.05, 0.1) is 7.11 Å². The van der Waals surface area contributed by atoms with Gasteiger partial charge in [-0.3, -0.25) is 4.79 Å². The van der Waals surface area contributed by atoms with Crippen LogP contribution in [-0.4, -0.2) is 28.6 Å². The van der Waals surface area contributed by atoms with Crippen LogP contribution < -0.4 is 9.64 Å². The van der Waals surface area contributed by atoms with E-state index in [4.69, 9.17) is 20.8 Å². The summed E-state index contributed by atoms with van der Waals surface area (Å²) < 4.78 is 10.2. The second kappa shape index (κ2) is 7.97. The fraction of sp³-hybridized carbons (Fsp3) is 0.438. The topological polar surface area (TPSA) is 68.5 Å². The predicted octanol–water partition coefficient (Wildman–Crippen LogP) is 3.19. The van der Waals surface area contributed by atoms with Gasteiger partial charge in [-0.25, -0.2) is 0 Å². The number of hydrogen-bond donors (Lipinski definition) is 0. The van der Waals surface area contributed by atoms with Gasteiger partial charge in [-0.15, -0.1) is 16.7 Å². The Morgan fingerprint density at radius 3 is 2.70 bits per heavy atom. The van der Waals surface area contributed by atoms with E-state index in [9.17, 15) is 4.79 Å². The van der Waals surface area contributed by atoms with Gasteiger partial charge in [-0.1, -0.05) is 37.1 Å². The Morgan fingerprint density at radius 2 is 2.09 bits per heavy atom. The zero-order valence-corrected chi connectivity index (χ0v) is 14.2. The molecule has 1 aromatic carbocycles. The van der Waals surface area contributed by atoms with Crippen molar-refractivity contribution < 1.29 is 13.9 Å². The van der Waals surface area contributed by atoms with Crippen LogP contribution in [0.3, 0.4) is 0 Å². The number of alkyl halides is 1. The van der Waals surface area contributed by atoms with Crippen LogP contribution in [0.25, 0.3) is 0 Å². The number of rotatable bonds is 7. The molecule has 1 aromatic heterocycles. The molecular formula is C16H20ClN3O3. The first-order valence-corrected chi connectivity index (χ1v) is 7.94. The third-order valence-corrected chi connectivity index (χ3v) is 3.97. The van der Waals surface area contributed by atoms with Crippen LogP contribution in [0, 0.1) is 0 Å². The number of methoxy groups -OCH3 is 1. The van der Waals surface area contributed by atoms with Crippen molar-refractivity contribution in [2.75, 3.05) is 12.0 Å². The first-order valence-electron chi connectivity index (χ1n) is 7.50. The molecule has 1 amide bonds. The van der Waals surface area contributed by atoms with E-state index >= 15 is 0 Å². The van der Waals surface area contributed by atoms with Crippen LogP contribution in [-0.2, 0) is 17.8 Å². The summed E-state index contributed by atoms with van der Waals surface area (Å²) >= 11 is 6.17. The molecule has 0 fully saturated rings. The Kier molecular flexibility index (Phi) is 5.98. The Morgan fingerprint density at radius 1 is 1.35 bits per heavy atom. The molecule has 23 heavy (non-hydrogen) atoms. The summed E-state index contributed by atoms with van der Waals surface area (Å²) in [5.41, 5.74) is 1.85. The van der Waals surface area contributed by atoms with Crippen LogP contribution in [0.15, 0.2) is 28.7 Å². The minimum absolute atomic E-state index is 0.0640. The predicted molar refractivity (Wildman–Crippen MR) is 87.8 cm³/mol. The molecule has 0 radical (unpaired) electrons. The quantitative estimate of drug-likeness (QED) is 0.726. The third kappa shape index (κ3) is 4.01. The number of hydrogen-bond acceptors (Lipinski definition) is 5. The van der Waals surface area contributed by atoms with Crippen molar-refractivity contribution in [3.63, 3.8) is 0 Å². The summed E-state index contributed by atoms with van der Waals surface area (Å²) in [7, 11) is 1.44. The molecule has 0 aliphatic heterocycles. The van der Waals surface area contributed by atoms with Crippen molar-refractivity contribution >= 4 is 23.2 Å². The zero-order chi connectivity index (χ0) is 16.8. The average molecular weight is 338 g/mol. The van der Waals surface area contributed by atoms with E-state index in [1.807, 2.05) is 38.1 Å². The number of para-hydroxylation sites is 1. The van der Waals surface area contributed by atoms with E-state index < -0.39 is 5.38 Å². The number of benzene rings is 1. The summed E-state index contributed by atoms with van der Waals surface area (Å²) in [6.45, 7) is 4.06. The minimum atomic E-state index is -0.607. The van der Waals surface area contributed by atoms with Crippen LogP contribution >= 0.6 is 11.6 Å². The third-order valence-electron chi connectivity index (χ3n) is 3.47. The number of aromatic nitrogens is 2. The summed E-state index contributed by atoms with van der Waals surface area (Å²) in [4.78, 5) is 14.3. The summed E-state index contributed by atoms with van der Waals surface area (Å²) in [6.07, 6.45) is 1.40. The second-order valence-corrected chi connectivity index (χ2v) is 5.48. The molecule has 0 N–H and O–H groups in total. The van der Waals surface area contributed by atoms with Crippen molar-refractivity contribution in [1.29, 1.82) is 0 Å². The number of nitrogens with zero attached hydrogens (tertiary/aromatic N) is 3. The summed E-state index contributed by atoms with van der Waals surface area (Å²) in [5.74, 6) is 0.105. The van der Waals surface area contributed by atoms with E-state index in [1.54, 1.807) is 4.90 Å². The Bertz CT molecular complexity index is 660. The maximum absolute atomic E-state index is 12.7. The molecule has 7 heteroatoms. The molecule has 6 nitrogen and oxygen atoms in total. The van der Waals surface area contributed by atoms with Gasteiger partial charge in [-0.05, 0) is 24.5 Å². The van der Waals surface area contributed by atoms with Crippen LogP contribution in [0.4, 0.5) is 5.69 Å². The fourth-order valence-electron chi connectivity index (χ4n) is 2.22. The van der Waals surface area contributed by atoms with Gasteiger partial charge in [0.15, 0.2) is 0 Å². The van der Waals surface area contributed by atoms with Gasteiger partial charge >= 0.3 is 6.08 Å². The average Bonchev–Trinajstić information content (AvgIpc) is 3.06. The highest BCUT2D eigenvalue weighted by Crippen LogP contribution is 2.25. The van der Waals surface area contributed by atoms with Crippen LogP contribution in [0.1, 0.15) is 31.7 Å². The maximum atomic E-state index is 12.7. The number of carbonyl (C=O) groups is 1. The number of anilines is 1. The molecule has 2 aromatic rings. The lowest BCUT2D eigenvalue weighted by molar-refractivity contribution is -0.118. The highest BCUT2D eigenvalue weighted by molar-refractivity contribution is 6.32. The van der Waals surface area contributed by atoms with E-state index in [-0.39, 0.29) is 18.5 Å². The number of ether oxygens (including phenoxy) is 1. The minimum Gasteiger partial charge on any atom is -0.452 e. The van der Waals surface area contributed by atoms with Gasteiger partial charge in [0.25, 0.3) is 0 Å². The van der Waals surface area contributed by atoms with Crippen molar-refractivity contribution in [3.8, 4) is 6.08 Å². The van der Waals surface area contributed by atoms with Crippen molar-refractivity contribution in [2.24, 2.45) is 0 Å². The Balaban J connectivity index is 2.36. The standard InChI is InChI=1S/C16H20ClN3O3/c1-4-11-8-6-7-9-13(11)20(15(21)12(17)5-2)10-14-18-19-16(22-3)23-14/h6-9,12H,4-5,10H2,1-3H3. The number of halogens is 1. The molecule has 1 heterocycles. The fourth-order valence-corrected chi connectivity index (χ4v) is 2.34. The number of carbonyl (C=O) groups excluding carboxylic acids is 1. The Hall–Kier alpha value is -2.08. The normalized spacial score (nSPS) is 12.0. The highest BCUT2D eigenvalue weighted by Gasteiger charge is 2.26. The lowest BCUT2D eigenvalue weighted by Gasteiger charge is -2.25. The highest BCUT2D eigenvalue weighted by atomic mass is 35.5. The van der Waals surface area contributed by atoms with Gasteiger partial charge < -0.3 is 14.1 Å². The van der Waals surface area contributed by atoms with Crippen LogP contribution in [0.5, 0.6) is 6.08 Å². The summed E-state index contributed by atoms with van der Waals surface area (Å²) in [5, 5.41) is 7.03. The maximum Gasteiger partial charge on any atom is 0.414 e. The van der Waals surface area contributed by atoms with E-state index in [1.165, 1.54) is 7.11 Å². The lowest BCUT2D eigenvalue weighted by Crippen LogP contribution is -2.37. The molecule has 1 atom stereocenters. The smallest absolute Gasteiger partial charge is 0.414 e. The van der Waals surface area contributed by atoms with Gasteiger partial charge in [0, 0.05) is 5.69 Å². The lowest BCUT2D eigenvalue weighted by atomic mass is 10.1. The molecular weight excluding hydrogens is 318 g/mol. The van der Waals surface area contributed by atoms with Crippen LogP contribution in [0.2, 0.25) is 0 Å². The molecule has 0 saturated carbocycles. The summed E-state index contributed by atoms with van der Waals surface area (Å²) in [6, 6.07) is 7.71. The molecule has 0 bridgehead atoms. The molecule has 2 rings (SSSR count). The number of amides is 1. The largest absolute Gasteiger partial charge is 0.452 e. The van der Waals surface area contributed by atoms with Crippen molar-refractivity contribution in [2.45, 2.75) is 38.6 Å². The van der Waals surface area contributed by atoms with E-state index in [0.717, 1.165) is 17.7 Å². The zero-order valence-electron chi connectivity index (χ0n) is 13.5. The number of aryl methyl sites for hydroxylation is 1. The van der Waals surface area contributed by atoms with Gasteiger partial charge in [-0.2, -0.15) is 0 Å². The van der Waals surface area contributed by atoms with Gasteiger partial charge in [0.1, 0.15) is 11.9 Å². The molecule has 0 aliphatic rings. The molecule has 0 aliphatic carbocycles. The monoisotopic (exact) mass is 337 g/mol. The Labute approximate surface area is 140 Å². The van der Waals surface area contributed by atoms with Crippen molar-refractivity contribution in [3.05, 3.63) is 35.7 Å². The second-order valence-electron chi connectivity index (χ2n) is 4.95. The molecule has 1 unspecified atom stereocenters. The molecule has 124 valence electrons. The first-order chi connectivity index (χ1) is 11.1. The molecule has 0 saturated heterocycles. The van der Waals surface area contributed by atoms with Crippen molar-refractivity contribution in [1.82, 2.24) is 10.2 Å². The molecule has 0 spiro atoms. The SMILES string of the molecule is CCc1ccccc1N(Cc1nnc(OC)o1)C(=O)C(Cl)CC. The first kappa shape index (κ1) is 17.3.